The minimum absolute atomic E-state index is 0.526. The highest BCUT2D eigenvalue weighted by Gasteiger charge is 2.54. The van der Waals surface area contributed by atoms with Gasteiger partial charge in [-0.15, -0.1) is 0 Å². The SMILES string of the molecule is CC(C)C1C(C)(C)CCC1(C)C.CC1C2CCC(CC2)[C@H]1C.CC1CCC2(CCCCC2)CC1.CCC1(C)CC(C)(C)C(C)(C)C1.CCC12CC3CC(CC(C3)C1)C2.CCC1C(C)(C)CCC1(C)C.CCC1CC(C)(C)C(C)(C)C1.C[C@@H]1C2CCC(CC2)C1(C)C.C[C@H]1CC2CCC1(C)CC2.C[C@H]1CC2CCC1CC2. The van der Waals surface area contributed by atoms with Gasteiger partial charge >= 0.3 is 0 Å². The predicted molar refractivity (Wildman–Crippen MR) is 491 cm³/mol. The maximum absolute atomic E-state index is 2.49. The third-order valence-corrected chi connectivity index (χ3v) is 41.4. The van der Waals surface area contributed by atoms with Crippen LogP contribution in [0.2, 0.25) is 0 Å². The Labute approximate surface area is 694 Å². The topological polar surface area (TPSA) is 0 Å². The van der Waals surface area contributed by atoms with Crippen molar-refractivity contribution in [2.45, 2.75) is 510 Å². The Morgan fingerprint density at radius 2 is 0.745 bits per heavy atom. The Hall–Kier alpha value is 0. The van der Waals surface area contributed by atoms with Crippen LogP contribution in [0.25, 0.3) is 0 Å². The van der Waals surface area contributed by atoms with Gasteiger partial charge in [-0.1, -0.05) is 292 Å². The summed E-state index contributed by atoms with van der Waals surface area (Å²) in [5, 5.41) is 0. The van der Waals surface area contributed by atoms with Gasteiger partial charge in [0.1, 0.15) is 0 Å². The molecule has 0 aromatic rings. The summed E-state index contributed by atoms with van der Waals surface area (Å²) in [4.78, 5) is 0. The van der Waals surface area contributed by atoms with Crippen molar-refractivity contribution in [3.63, 3.8) is 0 Å². The molecule has 0 aromatic heterocycles. The molecule has 110 heavy (non-hydrogen) atoms. The van der Waals surface area contributed by atoms with Crippen LogP contribution in [-0.4, -0.2) is 0 Å². The van der Waals surface area contributed by atoms with E-state index in [9.17, 15) is 0 Å². The van der Waals surface area contributed by atoms with Gasteiger partial charge in [-0.2, -0.15) is 0 Å². The normalized spacial score (nSPS) is 40.3. The maximum Gasteiger partial charge on any atom is -0.0288 e. The van der Waals surface area contributed by atoms with E-state index in [1.54, 1.807) is 96.3 Å². The third-order valence-electron chi connectivity index (χ3n) is 41.4. The van der Waals surface area contributed by atoms with Crippen LogP contribution in [0.3, 0.4) is 0 Å². The zero-order chi connectivity index (χ0) is 81.9. The molecule has 22 saturated carbocycles. The van der Waals surface area contributed by atoms with Crippen molar-refractivity contribution in [1.82, 2.24) is 0 Å². The molecule has 1 spiro atoms. The Morgan fingerprint density at radius 1 is 0.336 bits per heavy atom. The molecule has 22 fully saturated rings. The standard InChI is InChI=1S/C12H20.C12H22.2C12H24.C11H20.2C11H22.2C10H18.C9H16/c1-2-12-6-9-3-10(7-12)5-11(4-9)8-12;1-11-5-9-12(10-6-11)7-3-2-4-8-12;1-9(2)10-11(3,4)7-8-12(10,5)6;1-7-12(6)8-10(2,3)11(4,5)9-12;1-8-9-4-6-10(7-5-9)11(8,2)3;1-6-9-7-10(2,3)11(4,5)8-9;1-6-9-10(2,3)7-8-11(9,4)5;1-8-7-9-3-5-10(8,2)6-4-9;1-7-8(2)10-5-3-9(7)4-6-10;1-7-6-8-2-4-9(7)5-3-8/h9-11H,2-8H2,1H3;11H,2-10H2,1H3;9-10H,7-8H2,1-6H3;7-9H2,1-6H3;8-10H,4-7H2,1-3H3;2*9H,6-8H2,1-5H3;8-9H,3-7H2,1-2H3;7-10H,3-6H2,1-2H3;7-9H,2-6H2,1H3/t;;;;8-,9?,10?;;;8-,9?,10?;7-,8?,9?,10?;7-,8?,9?/m....1..000/s1. The van der Waals surface area contributed by atoms with E-state index in [0.717, 1.165) is 135 Å². The average molecular weight is 1530 g/mol. The zero-order valence-corrected chi connectivity index (χ0v) is 81.9. The fraction of sp³-hybridized carbons (Fsp3) is 1.00. The number of rotatable bonds is 5. The molecule has 0 nitrogen and oxygen atoms in total. The lowest BCUT2D eigenvalue weighted by molar-refractivity contribution is -0.0545. The summed E-state index contributed by atoms with van der Waals surface area (Å²) in [6.07, 6.45) is 67.7. The molecule has 0 saturated heterocycles. The lowest BCUT2D eigenvalue weighted by atomic mass is 9.49. The summed E-state index contributed by atoms with van der Waals surface area (Å²) in [6.45, 7) is 77.6. The minimum atomic E-state index is 0.526. The quantitative estimate of drug-likeness (QED) is 0.257. The highest BCUT2D eigenvalue weighted by molar-refractivity contribution is 5.05. The monoisotopic (exact) mass is 1530 g/mol. The van der Waals surface area contributed by atoms with Gasteiger partial charge in [0.25, 0.3) is 0 Å². The van der Waals surface area contributed by atoms with Gasteiger partial charge in [-0.05, 0) is 407 Å². The first-order valence-corrected chi connectivity index (χ1v) is 50.9. The van der Waals surface area contributed by atoms with Crippen LogP contribution >= 0.6 is 0 Å². The number of hydrogen-bond donors (Lipinski definition) is 0. The molecule has 22 aliphatic carbocycles. The van der Waals surface area contributed by atoms with Crippen LogP contribution in [0, 0.1) is 189 Å². The Balaban J connectivity index is 0.000000154. The van der Waals surface area contributed by atoms with E-state index in [2.05, 4.69) is 222 Å². The molecular weight excluding hydrogens is 1320 g/mol. The molecule has 0 radical (unpaired) electrons. The highest BCUT2D eigenvalue weighted by Crippen LogP contribution is 2.65. The van der Waals surface area contributed by atoms with Crippen LogP contribution in [-0.2, 0) is 0 Å². The zero-order valence-electron chi connectivity index (χ0n) is 81.9. The molecule has 646 valence electrons. The van der Waals surface area contributed by atoms with Gasteiger partial charge in [0, 0.05) is 0 Å². The predicted octanol–water partition coefficient (Wildman–Crippen LogP) is 36.4. The van der Waals surface area contributed by atoms with Gasteiger partial charge in [0.05, 0.1) is 0 Å². The molecule has 22 rings (SSSR count). The van der Waals surface area contributed by atoms with E-state index in [4.69, 9.17) is 0 Å². The highest BCUT2D eigenvalue weighted by atomic mass is 14.6. The third kappa shape index (κ3) is 23.6. The van der Waals surface area contributed by atoms with Gasteiger partial charge in [0.2, 0.25) is 0 Å². The van der Waals surface area contributed by atoms with Crippen LogP contribution in [0.5, 0.6) is 0 Å². The van der Waals surface area contributed by atoms with Crippen molar-refractivity contribution in [3.05, 3.63) is 0 Å². The van der Waals surface area contributed by atoms with E-state index >= 15 is 0 Å². The lowest BCUT2D eigenvalue weighted by Gasteiger charge is -2.56. The van der Waals surface area contributed by atoms with Gasteiger partial charge in [0.15, 0.2) is 0 Å². The van der Waals surface area contributed by atoms with Crippen LogP contribution in [0.4, 0.5) is 0 Å². The Morgan fingerprint density at radius 3 is 1.01 bits per heavy atom. The second-order valence-corrected chi connectivity index (χ2v) is 52.7. The van der Waals surface area contributed by atoms with Crippen molar-refractivity contribution in [3.8, 4) is 0 Å². The summed E-state index contributed by atoms with van der Waals surface area (Å²) in [5.74, 6) is 20.9. The maximum atomic E-state index is 2.49. The molecule has 5 atom stereocenters. The average Bonchev–Trinajstić information content (AvgIpc) is 1.000. The van der Waals surface area contributed by atoms with Crippen molar-refractivity contribution in [1.29, 1.82) is 0 Å². The van der Waals surface area contributed by atoms with Crippen LogP contribution < -0.4 is 0 Å². The van der Waals surface area contributed by atoms with E-state index < -0.39 is 0 Å². The van der Waals surface area contributed by atoms with E-state index in [1.165, 1.54) is 193 Å². The summed E-state index contributed by atoms with van der Waals surface area (Å²) >= 11 is 0. The van der Waals surface area contributed by atoms with E-state index in [0.29, 0.717) is 54.1 Å². The number of fused-ring (bicyclic) bond motifs is 12. The summed E-state index contributed by atoms with van der Waals surface area (Å²) in [7, 11) is 0. The van der Waals surface area contributed by atoms with Gasteiger partial charge in [-0.25, -0.2) is 0 Å². The molecule has 0 heteroatoms. The number of hydrogen-bond acceptors (Lipinski definition) is 0. The van der Waals surface area contributed by atoms with E-state index in [-0.39, 0.29) is 0 Å². The molecule has 1 unspecified atom stereocenters. The molecule has 12 bridgehead atoms. The molecule has 0 amide bonds. The van der Waals surface area contributed by atoms with Crippen molar-refractivity contribution < 1.29 is 0 Å². The lowest BCUT2D eigenvalue weighted by Crippen LogP contribution is -2.45. The summed E-state index contributed by atoms with van der Waals surface area (Å²) in [6, 6.07) is 0. The first-order valence-electron chi connectivity index (χ1n) is 50.9. The second-order valence-electron chi connectivity index (χ2n) is 52.7. The molecule has 0 N–H and O–H groups in total. The Bertz CT molecular complexity index is 2530. The van der Waals surface area contributed by atoms with Crippen molar-refractivity contribution in [2.75, 3.05) is 0 Å². The van der Waals surface area contributed by atoms with Crippen LogP contribution in [0.1, 0.15) is 510 Å². The minimum Gasteiger partial charge on any atom is -0.0651 e. The second kappa shape index (κ2) is 38.0. The fourth-order valence-electron chi connectivity index (χ4n) is 32.1. The smallest absolute Gasteiger partial charge is 0.0288 e. The van der Waals surface area contributed by atoms with Crippen molar-refractivity contribution >= 4 is 0 Å². The molecule has 0 aliphatic heterocycles. The van der Waals surface area contributed by atoms with E-state index in [1.807, 2.05) is 0 Å². The Kier molecular flexibility index (Phi) is 32.9. The van der Waals surface area contributed by atoms with Gasteiger partial charge in [-0.3, -0.25) is 0 Å². The van der Waals surface area contributed by atoms with Crippen molar-refractivity contribution in [2.24, 2.45) is 189 Å². The first kappa shape index (κ1) is 95.5. The molecule has 22 aliphatic rings. The first-order chi connectivity index (χ1) is 50.9. The largest absolute Gasteiger partial charge is 0.0651 e. The molecule has 0 heterocycles. The molecule has 0 aromatic carbocycles. The fourth-order valence-corrected chi connectivity index (χ4v) is 32.1. The van der Waals surface area contributed by atoms with Gasteiger partial charge < -0.3 is 0 Å². The summed E-state index contributed by atoms with van der Waals surface area (Å²) in [5.41, 5.74) is 8.19. The van der Waals surface area contributed by atoms with Crippen LogP contribution in [0.15, 0.2) is 0 Å². The molecular formula is C110H206. The summed E-state index contributed by atoms with van der Waals surface area (Å²) < 4.78 is 0.